The molecule has 0 saturated carbocycles. The van der Waals surface area contributed by atoms with Crippen LogP contribution in [0.5, 0.6) is 10.9 Å². The predicted octanol–water partition coefficient (Wildman–Crippen LogP) is 4.33. The number of hydrogen-bond acceptors (Lipinski definition) is 7. The molecule has 0 bridgehead atoms. The molecule has 8 heteroatoms. The lowest BCUT2D eigenvalue weighted by Gasteiger charge is -2.23. The Labute approximate surface area is 177 Å². The number of thiazole rings is 1. The van der Waals surface area contributed by atoms with Gasteiger partial charge in [0.2, 0.25) is 5.91 Å². The number of hydrogen-bond donors (Lipinski definition) is 1. The molecule has 1 amide bonds. The van der Waals surface area contributed by atoms with E-state index >= 15 is 0 Å². The van der Waals surface area contributed by atoms with Crippen LogP contribution < -0.4 is 10.1 Å². The summed E-state index contributed by atoms with van der Waals surface area (Å²) in [6, 6.07) is 10.0. The number of fused-ring (bicyclic) bond motifs is 2. The first kappa shape index (κ1) is 19.0. The minimum Gasteiger partial charge on any atom is -0.460 e. The van der Waals surface area contributed by atoms with Crippen molar-refractivity contribution in [1.82, 2.24) is 20.2 Å². The number of carbonyl (C=O) groups is 1. The lowest BCUT2D eigenvalue weighted by Crippen LogP contribution is -2.40. The lowest BCUT2D eigenvalue weighted by molar-refractivity contribution is -0.129. The van der Waals surface area contributed by atoms with Gasteiger partial charge >= 0.3 is 0 Å². The fraction of sp³-hybridized carbons (Fsp3) is 0.318. The van der Waals surface area contributed by atoms with Crippen LogP contribution in [0, 0.1) is 0 Å². The highest BCUT2D eigenvalue weighted by Gasteiger charge is 2.25. The van der Waals surface area contributed by atoms with Gasteiger partial charge in [-0.3, -0.25) is 9.78 Å². The Kier molecular flexibility index (Phi) is 5.10. The largest absolute Gasteiger partial charge is 0.460 e. The number of pyridine rings is 1. The molecule has 154 valence electrons. The molecule has 3 aromatic heterocycles. The van der Waals surface area contributed by atoms with Gasteiger partial charge in [-0.25, -0.2) is 4.98 Å². The van der Waals surface area contributed by atoms with Crippen molar-refractivity contribution < 1.29 is 13.9 Å². The highest BCUT2D eigenvalue weighted by Crippen LogP contribution is 2.32. The summed E-state index contributed by atoms with van der Waals surface area (Å²) in [4.78, 5) is 22.2. The highest BCUT2D eigenvalue weighted by molar-refractivity contribution is 7.20. The molecule has 1 aromatic carbocycles. The second-order valence-electron chi connectivity index (χ2n) is 7.48. The van der Waals surface area contributed by atoms with Crippen molar-refractivity contribution in [2.75, 3.05) is 13.1 Å². The van der Waals surface area contributed by atoms with E-state index < -0.39 is 0 Å². The van der Waals surface area contributed by atoms with Crippen LogP contribution in [0.3, 0.4) is 0 Å². The number of aromatic nitrogens is 2. The van der Waals surface area contributed by atoms with E-state index in [0.29, 0.717) is 17.5 Å². The van der Waals surface area contributed by atoms with Crippen molar-refractivity contribution in [3.63, 3.8) is 0 Å². The Morgan fingerprint density at radius 1 is 1.37 bits per heavy atom. The molecule has 1 fully saturated rings. The van der Waals surface area contributed by atoms with E-state index in [0.717, 1.165) is 52.9 Å². The summed E-state index contributed by atoms with van der Waals surface area (Å²) in [6.45, 7) is 3.90. The Morgan fingerprint density at radius 2 is 2.30 bits per heavy atom. The average Bonchev–Trinajstić information content (AvgIpc) is 3.44. The topological polar surface area (TPSA) is 80.5 Å². The maximum absolute atomic E-state index is 11.7. The minimum atomic E-state index is 0.153. The number of likely N-dealkylation sites (tertiary alicyclic amines) is 1. The van der Waals surface area contributed by atoms with Crippen LogP contribution in [0.4, 0.5) is 0 Å². The van der Waals surface area contributed by atoms with Crippen molar-refractivity contribution in [3.8, 4) is 10.9 Å². The van der Waals surface area contributed by atoms with E-state index in [1.807, 2.05) is 35.2 Å². The Morgan fingerprint density at radius 3 is 3.17 bits per heavy atom. The Hall–Kier alpha value is -2.97. The molecule has 1 saturated heterocycles. The molecule has 1 aliphatic rings. The summed E-state index contributed by atoms with van der Waals surface area (Å²) in [6.07, 6.45) is 5.60. The fourth-order valence-corrected chi connectivity index (χ4v) is 4.75. The molecule has 4 heterocycles. The summed E-state index contributed by atoms with van der Waals surface area (Å²) in [5, 5.41) is 5.03. The zero-order valence-corrected chi connectivity index (χ0v) is 17.4. The summed E-state index contributed by atoms with van der Waals surface area (Å²) in [5.74, 6) is 1.70. The zero-order chi connectivity index (χ0) is 20.5. The average molecular weight is 423 g/mol. The first-order chi connectivity index (χ1) is 14.7. The van der Waals surface area contributed by atoms with Crippen LogP contribution in [-0.2, 0) is 11.3 Å². The van der Waals surface area contributed by atoms with Gasteiger partial charge in [0.1, 0.15) is 22.6 Å². The summed E-state index contributed by atoms with van der Waals surface area (Å²) >= 11 is 1.49. The molecule has 1 N–H and O–H groups in total. The first-order valence-corrected chi connectivity index (χ1v) is 10.9. The molecule has 0 aliphatic carbocycles. The number of benzene rings is 1. The molecular weight excluding hydrogens is 400 g/mol. The second-order valence-corrected chi connectivity index (χ2v) is 8.47. The van der Waals surface area contributed by atoms with Gasteiger partial charge in [0, 0.05) is 43.7 Å². The number of furan rings is 1. The van der Waals surface area contributed by atoms with Crippen LogP contribution in [0.1, 0.15) is 25.5 Å². The number of amides is 1. The Bertz CT molecular complexity index is 1170. The summed E-state index contributed by atoms with van der Waals surface area (Å²) < 4.78 is 13.0. The van der Waals surface area contributed by atoms with E-state index in [2.05, 4.69) is 15.3 Å². The number of nitrogens with one attached hydrogen (secondary N) is 1. The quantitative estimate of drug-likeness (QED) is 0.498. The van der Waals surface area contributed by atoms with Gasteiger partial charge < -0.3 is 19.4 Å². The van der Waals surface area contributed by atoms with Gasteiger partial charge in [-0.2, -0.15) is 0 Å². The Balaban J connectivity index is 1.24. The van der Waals surface area contributed by atoms with Crippen molar-refractivity contribution in [3.05, 3.63) is 48.5 Å². The van der Waals surface area contributed by atoms with E-state index in [-0.39, 0.29) is 11.9 Å². The second kappa shape index (κ2) is 8.04. The van der Waals surface area contributed by atoms with E-state index in [4.69, 9.17) is 9.15 Å². The van der Waals surface area contributed by atoms with Crippen LogP contribution in [-0.4, -0.2) is 39.9 Å². The van der Waals surface area contributed by atoms with Crippen LogP contribution in [0.2, 0.25) is 0 Å². The summed E-state index contributed by atoms with van der Waals surface area (Å²) in [7, 11) is 0. The third kappa shape index (κ3) is 3.88. The molecular formula is C22H22N4O3S. The molecule has 4 aromatic rings. The third-order valence-electron chi connectivity index (χ3n) is 5.38. The maximum atomic E-state index is 11.7. The molecule has 30 heavy (non-hydrogen) atoms. The molecule has 1 atom stereocenters. The fourth-order valence-electron chi connectivity index (χ4n) is 3.94. The van der Waals surface area contributed by atoms with Crippen LogP contribution in [0.15, 0.2) is 47.1 Å². The van der Waals surface area contributed by atoms with Crippen molar-refractivity contribution in [2.45, 2.75) is 32.4 Å². The molecule has 1 unspecified atom stereocenters. The number of ether oxygens (including phenoxy) is 1. The predicted molar refractivity (Wildman–Crippen MR) is 116 cm³/mol. The van der Waals surface area contributed by atoms with Gasteiger partial charge in [-0.15, -0.1) is 0 Å². The number of nitrogens with zero attached hydrogens (tertiary/aromatic N) is 3. The zero-order valence-electron chi connectivity index (χ0n) is 16.6. The van der Waals surface area contributed by atoms with Gasteiger partial charge in [-0.1, -0.05) is 11.3 Å². The van der Waals surface area contributed by atoms with Crippen molar-refractivity contribution in [1.29, 1.82) is 0 Å². The van der Waals surface area contributed by atoms with E-state index in [9.17, 15) is 4.79 Å². The highest BCUT2D eigenvalue weighted by atomic mass is 32.1. The van der Waals surface area contributed by atoms with Crippen molar-refractivity contribution in [2.24, 2.45) is 0 Å². The van der Waals surface area contributed by atoms with E-state index in [1.165, 1.54) is 11.3 Å². The minimum absolute atomic E-state index is 0.153. The SMILES string of the molecule is CC(=O)N1CCCC1CNCc1cc2ccc(Oc3nc4cnccc4s3)cc2o1. The van der Waals surface area contributed by atoms with E-state index in [1.54, 1.807) is 19.3 Å². The van der Waals surface area contributed by atoms with Crippen LogP contribution in [0.25, 0.3) is 21.2 Å². The van der Waals surface area contributed by atoms with Gasteiger partial charge in [0.05, 0.1) is 17.4 Å². The van der Waals surface area contributed by atoms with Gasteiger partial charge in [0.15, 0.2) is 0 Å². The van der Waals surface area contributed by atoms with Crippen molar-refractivity contribution >= 4 is 38.4 Å². The van der Waals surface area contributed by atoms with Crippen LogP contribution >= 0.6 is 11.3 Å². The smallest absolute Gasteiger partial charge is 0.279 e. The lowest BCUT2D eigenvalue weighted by atomic mass is 10.2. The third-order valence-corrected chi connectivity index (χ3v) is 6.29. The monoisotopic (exact) mass is 422 g/mol. The standard InChI is InChI=1S/C22H22N4O3S/c1-14(27)26-8-2-3-16(26)11-24-12-18-9-15-4-5-17(10-20(15)28-18)29-22-25-19-13-23-7-6-21(19)30-22/h4-7,9-10,13,16,24H,2-3,8,11-12H2,1H3. The molecule has 7 nitrogen and oxygen atoms in total. The summed E-state index contributed by atoms with van der Waals surface area (Å²) in [5.41, 5.74) is 1.61. The maximum Gasteiger partial charge on any atom is 0.279 e. The van der Waals surface area contributed by atoms with Gasteiger partial charge in [0.25, 0.3) is 5.19 Å². The first-order valence-electron chi connectivity index (χ1n) is 10.0. The molecule has 0 spiro atoms. The molecule has 1 aliphatic heterocycles. The van der Waals surface area contributed by atoms with Gasteiger partial charge in [-0.05, 0) is 37.1 Å². The molecule has 0 radical (unpaired) electrons. The normalized spacial score (nSPS) is 16.6. The number of rotatable bonds is 6. The molecule has 5 rings (SSSR count). The number of carbonyl (C=O) groups excluding carboxylic acids is 1.